The maximum atomic E-state index is 13.3. The van der Waals surface area contributed by atoms with Crippen molar-refractivity contribution in [1.82, 2.24) is 0 Å². The van der Waals surface area contributed by atoms with Gasteiger partial charge in [0.2, 0.25) is 0 Å². The van der Waals surface area contributed by atoms with Crippen LogP contribution in [0, 0.1) is 11.3 Å². The molecule has 4 rings (SSSR count). The third-order valence-corrected chi connectivity index (χ3v) is 5.89. The number of carbonyl (C=O) groups excluding carboxylic acids is 1. The highest BCUT2D eigenvalue weighted by atomic mass is 16.5. The van der Waals surface area contributed by atoms with Crippen molar-refractivity contribution in [2.75, 3.05) is 13.7 Å². The van der Waals surface area contributed by atoms with Crippen molar-refractivity contribution in [3.63, 3.8) is 0 Å². The van der Waals surface area contributed by atoms with Crippen molar-refractivity contribution in [1.29, 1.82) is 0 Å². The smallest absolute Gasteiger partial charge is 0.170 e. The molecule has 0 aromatic heterocycles. The average Bonchev–Trinajstić information content (AvgIpc) is 2.93. The predicted octanol–water partition coefficient (Wildman–Crippen LogP) is 4.17. The highest BCUT2D eigenvalue weighted by molar-refractivity contribution is 6.00. The number of ketones is 1. The van der Waals surface area contributed by atoms with Crippen LogP contribution >= 0.6 is 0 Å². The van der Waals surface area contributed by atoms with Gasteiger partial charge in [0, 0.05) is 11.0 Å². The Morgan fingerprint density at radius 1 is 1.17 bits per heavy atom. The fourth-order valence-corrected chi connectivity index (χ4v) is 4.72. The predicted molar refractivity (Wildman–Crippen MR) is 88.8 cm³/mol. The maximum Gasteiger partial charge on any atom is 0.170 e. The maximum absolute atomic E-state index is 13.3. The minimum atomic E-state index is -0.0438. The van der Waals surface area contributed by atoms with Gasteiger partial charge in [-0.15, -0.1) is 0 Å². The van der Waals surface area contributed by atoms with Gasteiger partial charge < -0.3 is 9.47 Å². The summed E-state index contributed by atoms with van der Waals surface area (Å²) in [5, 5.41) is 0. The fourth-order valence-electron chi connectivity index (χ4n) is 4.72. The molecular formula is C20H24O3. The molecule has 1 aliphatic heterocycles. The molecule has 2 bridgehead atoms. The highest BCUT2D eigenvalue weighted by Gasteiger charge is 2.53. The average molecular weight is 312 g/mol. The molecule has 3 heteroatoms. The molecule has 0 unspecified atom stereocenters. The van der Waals surface area contributed by atoms with Gasteiger partial charge in [0.05, 0.1) is 25.7 Å². The van der Waals surface area contributed by atoms with Crippen molar-refractivity contribution >= 4 is 5.78 Å². The number of Topliss-reactive ketones (excluding diaryl/α,β-unsaturated/α-hetero) is 1. The molecule has 1 aromatic rings. The molecule has 0 radical (unpaired) electrons. The summed E-state index contributed by atoms with van der Waals surface area (Å²) in [6.45, 7) is 2.94. The first-order chi connectivity index (χ1) is 11.1. The van der Waals surface area contributed by atoms with Gasteiger partial charge in [-0.25, -0.2) is 0 Å². The van der Waals surface area contributed by atoms with Gasteiger partial charge in [0.25, 0.3) is 0 Å². The van der Waals surface area contributed by atoms with Gasteiger partial charge >= 0.3 is 0 Å². The van der Waals surface area contributed by atoms with Crippen LogP contribution < -0.4 is 4.74 Å². The molecular weight excluding hydrogens is 288 g/mol. The molecule has 0 spiro atoms. The Morgan fingerprint density at radius 2 is 1.87 bits per heavy atom. The minimum Gasteiger partial charge on any atom is -0.497 e. The Bertz CT molecular complexity index is 658. The second-order valence-corrected chi connectivity index (χ2v) is 7.44. The van der Waals surface area contributed by atoms with Gasteiger partial charge in [0.15, 0.2) is 5.78 Å². The summed E-state index contributed by atoms with van der Waals surface area (Å²) in [4.78, 5) is 13.3. The monoisotopic (exact) mass is 312 g/mol. The van der Waals surface area contributed by atoms with E-state index >= 15 is 0 Å². The van der Waals surface area contributed by atoms with E-state index in [1.807, 2.05) is 24.3 Å². The quantitative estimate of drug-likeness (QED) is 0.620. The molecule has 0 amide bonds. The van der Waals surface area contributed by atoms with Crippen LogP contribution in [-0.4, -0.2) is 25.6 Å². The molecule has 23 heavy (non-hydrogen) atoms. The van der Waals surface area contributed by atoms with E-state index in [0.717, 1.165) is 30.6 Å². The van der Waals surface area contributed by atoms with Gasteiger partial charge in [-0.3, -0.25) is 4.79 Å². The first kappa shape index (κ1) is 14.9. The highest BCUT2D eigenvalue weighted by Crippen LogP contribution is 2.54. The van der Waals surface area contributed by atoms with Crippen LogP contribution in [0.1, 0.15) is 49.4 Å². The molecule has 1 fully saturated rings. The molecule has 1 aromatic carbocycles. The zero-order valence-corrected chi connectivity index (χ0v) is 13.9. The van der Waals surface area contributed by atoms with Crippen LogP contribution in [0.15, 0.2) is 35.4 Å². The van der Waals surface area contributed by atoms with E-state index in [1.165, 1.54) is 24.0 Å². The zero-order chi connectivity index (χ0) is 16.0. The van der Waals surface area contributed by atoms with E-state index in [2.05, 4.69) is 6.92 Å². The van der Waals surface area contributed by atoms with Crippen molar-refractivity contribution in [3.05, 3.63) is 41.0 Å². The standard InChI is InChI=1S/C20H24O3/c1-20-11-17(23-12-20)15-5-3-4-6-16(15)18(20)19(21)13-7-9-14(22-2)10-8-13/h7-10,17-18H,3-6,11-12H2,1-2H3/t17-,18-,20-/m1/s1. The largest absolute Gasteiger partial charge is 0.497 e. The summed E-state index contributed by atoms with van der Waals surface area (Å²) in [6.07, 6.45) is 5.89. The zero-order valence-electron chi connectivity index (χ0n) is 13.9. The van der Waals surface area contributed by atoms with E-state index in [0.29, 0.717) is 6.61 Å². The molecule has 0 saturated carbocycles. The lowest BCUT2D eigenvalue weighted by atomic mass is 9.61. The number of hydrogen-bond acceptors (Lipinski definition) is 3. The van der Waals surface area contributed by atoms with Crippen LogP contribution in [0.3, 0.4) is 0 Å². The molecule has 1 saturated heterocycles. The molecule has 1 heterocycles. The van der Waals surface area contributed by atoms with Crippen molar-refractivity contribution in [2.24, 2.45) is 11.3 Å². The molecule has 122 valence electrons. The lowest BCUT2D eigenvalue weighted by Gasteiger charge is -2.40. The lowest BCUT2D eigenvalue weighted by molar-refractivity contribution is 0.0778. The topological polar surface area (TPSA) is 35.5 Å². The van der Waals surface area contributed by atoms with Crippen LogP contribution in [0.2, 0.25) is 0 Å². The number of allylic oxidation sites excluding steroid dienone is 1. The Hall–Kier alpha value is -1.61. The SMILES string of the molecule is COc1ccc(C(=O)[C@H]2C3=C(CCCC3)[C@H]3C[C@]2(C)CO3)cc1. The van der Waals surface area contributed by atoms with E-state index < -0.39 is 0 Å². The second kappa shape index (κ2) is 5.48. The minimum absolute atomic E-state index is 0.00931. The summed E-state index contributed by atoms with van der Waals surface area (Å²) in [5.74, 6) is 1.04. The lowest BCUT2D eigenvalue weighted by Crippen LogP contribution is -2.40. The number of ether oxygens (including phenoxy) is 2. The number of rotatable bonds is 3. The van der Waals surface area contributed by atoms with Crippen LogP contribution in [0.5, 0.6) is 5.75 Å². The molecule has 3 atom stereocenters. The number of methoxy groups -OCH3 is 1. The third kappa shape index (κ3) is 2.33. The molecule has 2 aliphatic carbocycles. The van der Waals surface area contributed by atoms with Crippen LogP contribution in [0.4, 0.5) is 0 Å². The van der Waals surface area contributed by atoms with Gasteiger partial charge in [-0.05, 0) is 61.9 Å². The number of carbonyl (C=O) groups is 1. The van der Waals surface area contributed by atoms with Crippen molar-refractivity contribution in [3.8, 4) is 5.75 Å². The second-order valence-electron chi connectivity index (χ2n) is 7.44. The van der Waals surface area contributed by atoms with Gasteiger partial charge in [-0.1, -0.05) is 12.5 Å². The van der Waals surface area contributed by atoms with E-state index in [4.69, 9.17) is 9.47 Å². The summed E-state index contributed by atoms with van der Waals surface area (Å²) in [5.41, 5.74) is 3.59. The molecule has 3 aliphatic rings. The number of benzene rings is 1. The van der Waals surface area contributed by atoms with E-state index in [-0.39, 0.29) is 23.2 Å². The third-order valence-electron chi connectivity index (χ3n) is 5.89. The number of fused-ring (bicyclic) bond motifs is 3. The molecule has 3 nitrogen and oxygen atoms in total. The van der Waals surface area contributed by atoms with Gasteiger partial charge in [0.1, 0.15) is 5.75 Å². The summed E-state index contributed by atoms with van der Waals surface area (Å²) < 4.78 is 11.3. The summed E-state index contributed by atoms with van der Waals surface area (Å²) in [6, 6.07) is 7.55. The van der Waals surface area contributed by atoms with Crippen molar-refractivity contribution in [2.45, 2.75) is 45.1 Å². The van der Waals surface area contributed by atoms with Gasteiger partial charge in [-0.2, -0.15) is 0 Å². The van der Waals surface area contributed by atoms with Crippen molar-refractivity contribution < 1.29 is 14.3 Å². The Balaban J connectivity index is 1.73. The van der Waals surface area contributed by atoms with Crippen LogP contribution in [0.25, 0.3) is 0 Å². The normalized spacial score (nSPS) is 32.6. The number of hydrogen-bond donors (Lipinski definition) is 0. The summed E-state index contributed by atoms with van der Waals surface area (Å²) in [7, 11) is 1.65. The summed E-state index contributed by atoms with van der Waals surface area (Å²) >= 11 is 0. The fraction of sp³-hybridized carbons (Fsp3) is 0.550. The Kier molecular flexibility index (Phi) is 3.56. The molecule has 0 N–H and O–H groups in total. The first-order valence-corrected chi connectivity index (χ1v) is 8.64. The first-order valence-electron chi connectivity index (χ1n) is 8.64. The Labute approximate surface area is 137 Å². The van der Waals surface area contributed by atoms with E-state index in [9.17, 15) is 4.79 Å². The van der Waals surface area contributed by atoms with Crippen LogP contribution in [-0.2, 0) is 4.74 Å². The Morgan fingerprint density at radius 3 is 2.57 bits per heavy atom. The van der Waals surface area contributed by atoms with E-state index in [1.54, 1.807) is 7.11 Å².